The number of halogens is 2. The summed E-state index contributed by atoms with van der Waals surface area (Å²) in [7, 11) is 0. The molecule has 1 aliphatic rings. The van der Waals surface area contributed by atoms with E-state index in [-0.39, 0.29) is 0 Å². The van der Waals surface area contributed by atoms with Crippen molar-refractivity contribution in [2.45, 2.75) is 31.1 Å². The second-order valence-electron chi connectivity index (χ2n) is 2.66. The zero-order valence-corrected chi connectivity index (χ0v) is 5.87. The molecule has 66 valence electrons. The van der Waals surface area contributed by atoms with Crippen LogP contribution in [0.3, 0.4) is 0 Å². The molecule has 0 radical (unpaired) electrons. The molecule has 3 nitrogen and oxygen atoms in total. The van der Waals surface area contributed by atoms with Crippen LogP contribution in [-0.4, -0.2) is 41.4 Å². The van der Waals surface area contributed by atoms with Crippen molar-refractivity contribution in [3.8, 4) is 0 Å². The van der Waals surface area contributed by atoms with Crippen molar-refractivity contribution in [1.82, 2.24) is 5.32 Å². The van der Waals surface area contributed by atoms with Gasteiger partial charge in [0.05, 0.1) is 12.1 Å². The van der Waals surface area contributed by atoms with Crippen molar-refractivity contribution in [2.75, 3.05) is 6.54 Å². The molecular formula is C6H11F2NO2. The lowest BCUT2D eigenvalue weighted by Crippen LogP contribution is -2.55. The minimum atomic E-state index is -2.63. The Balaban J connectivity index is 2.51. The summed E-state index contributed by atoms with van der Waals surface area (Å²) in [5.74, 6) is 0. The van der Waals surface area contributed by atoms with Gasteiger partial charge in [-0.05, 0) is 13.0 Å². The summed E-state index contributed by atoms with van der Waals surface area (Å²) in [6, 6.07) is -1.28. The van der Waals surface area contributed by atoms with E-state index in [1.54, 1.807) is 0 Å². The molecule has 11 heavy (non-hydrogen) atoms. The van der Waals surface area contributed by atoms with E-state index >= 15 is 0 Å². The molecule has 3 N–H and O–H groups in total. The topological polar surface area (TPSA) is 52.5 Å². The van der Waals surface area contributed by atoms with E-state index in [9.17, 15) is 8.78 Å². The molecule has 0 aliphatic carbocycles. The highest BCUT2D eigenvalue weighted by molar-refractivity contribution is 4.88. The average molecular weight is 167 g/mol. The van der Waals surface area contributed by atoms with Crippen molar-refractivity contribution < 1.29 is 19.0 Å². The van der Waals surface area contributed by atoms with E-state index in [1.165, 1.54) is 0 Å². The molecule has 1 saturated heterocycles. The van der Waals surface area contributed by atoms with Gasteiger partial charge in [0.25, 0.3) is 6.43 Å². The average Bonchev–Trinajstić information content (AvgIpc) is 1.94. The van der Waals surface area contributed by atoms with Gasteiger partial charge in [-0.1, -0.05) is 0 Å². The van der Waals surface area contributed by atoms with Crippen LogP contribution in [0.1, 0.15) is 6.42 Å². The zero-order chi connectivity index (χ0) is 8.43. The van der Waals surface area contributed by atoms with E-state index in [4.69, 9.17) is 10.2 Å². The number of aliphatic hydroxyl groups excluding tert-OH is 2. The van der Waals surface area contributed by atoms with Gasteiger partial charge in [0.2, 0.25) is 0 Å². The fraction of sp³-hybridized carbons (Fsp3) is 1.00. The molecule has 0 spiro atoms. The Morgan fingerprint density at radius 1 is 1.36 bits per heavy atom. The molecule has 0 aromatic heterocycles. The monoisotopic (exact) mass is 167 g/mol. The highest BCUT2D eigenvalue weighted by Gasteiger charge is 2.35. The Morgan fingerprint density at radius 3 is 2.45 bits per heavy atom. The molecule has 0 bridgehead atoms. The largest absolute Gasteiger partial charge is 0.390 e. The third kappa shape index (κ3) is 1.85. The fourth-order valence-electron chi connectivity index (χ4n) is 1.17. The van der Waals surface area contributed by atoms with Crippen LogP contribution in [0.4, 0.5) is 8.78 Å². The van der Waals surface area contributed by atoms with E-state index < -0.39 is 24.7 Å². The van der Waals surface area contributed by atoms with Gasteiger partial charge >= 0.3 is 0 Å². The summed E-state index contributed by atoms with van der Waals surface area (Å²) in [5, 5.41) is 20.4. The summed E-state index contributed by atoms with van der Waals surface area (Å²) >= 11 is 0. The molecule has 1 fully saturated rings. The summed E-state index contributed by atoms with van der Waals surface area (Å²) in [6.45, 7) is 0.327. The Kier molecular flexibility index (Phi) is 2.75. The third-order valence-corrected chi connectivity index (χ3v) is 1.85. The zero-order valence-electron chi connectivity index (χ0n) is 5.87. The van der Waals surface area contributed by atoms with Crippen molar-refractivity contribution >= 4 is 0 Å². The molecule has 1 rings (SSSR count). The Bertz CT molecular complexity index is 134. The molecule has 0 aromatic carbocycles. The maximum atomic E-state index is 12.0. The SMILES string of the molecule is OC1CCN[C@@H](C(F)F)[C@@H]1O. The first-order chi connectivity index (χ1) is 5.13. The second kappa shape index (κ2) is 3.42. The lowest BCUT2D eigenvalue weighted by atomic mass is 9.99. The van der Waals surface area contributed by atoms with Gasteiger partial charge in [0.1, 0.15) is 6.10 Å². The number of piperidine rings is 1. The summed E-state index contributed by atoms with van der Waals surface area (Å²) in [4.78, 5) is 0. The maximum absolute atomic E-state index is 12.0. The number of nitrogens with one attached hydrogen (secondary N) is 1. The number of alkyl halides is 2. The molecule has 3 atom stereocenters. The fourth-order valence-corrected chi connectivity index (χ4v) is 1.17. The van der Waals surface area contributed by atoms with Gasteiger partial charge < -0.3 is 15.5 Å². The first kappa shape index (κ1) is 8.83. The van der Waals surface area contributed by atoms with Crippen LogP contribution in [-0.2, 0) is 0 Å². The third-order valence-electron chi connectivity index (χ3n) is 1.85. The van der Waals surface area contributed by atoms with Gasteiger partial charge in [-0.3, -0.25) is 0 Å². The van der Waals surface area contributed by atoms with Crippen LogP contribution in [0.15, 0.2) is 0 Å². The van der Waals surface area contributed by atoms with Crippen LogP contribution in [0.5, 0.6) is 0 Å². The molecular weight excluding hydrogens is 156 g/mol. The number of aliphatic hydroxyl groups is 2. The Labute approximate surface area is 63.0 Å². The van der Waals surface area contributed by atoms with Crippen LogP contribution in [0.25, 0.3) is 0 Å². The smallest absolute Gasteiger partial charge is 0.256 e. The first-order valence-corrected chi connectivity index (χ1v) is 3.50. The van der Waals surface area contributed by atoms with Gasteiger partial charge in [-0.25, -0.2) is 8.78 Å². The van der Waals surface area contributed by atoms with Gasteiger partial charge in [0, 0.05) is 0 Å². The number of hydrogen-bond acceptors (Lipinski definition) is 3. The van der Waals surface area contributed by atoms with Gasteiger partial charge in [0.15, 0.2) is 0 Å². The van der Waals surface area contributed by atoms with E-state index in [1.807, 2.05) is 0 Å². The van der Waals surface area contributed by atoms with E-state index in [2.05, 4.69) is 5.32 Å². The number of hydrogen-bond donors (Lipinski definition) is 3. The molecule has 0 amide bonds. The first-order valence-electron chi connectivity index (χ1n) is 3.50. The van der Waals surface area contributed by atoms with Crippen LogP contribution >= 0.6 is 0 Å². The lowest BCUT2D eigenvalue weighted by molar-refractivity contribution is -0.0681. The molecule has 0 saturated carbocycles. The highest BCUT2D eigenvalue weighted by Crippen LogP contribution is 2.14. The molecule has 1 heterocycles. The van der Waals surface area contributed by atoms with E-state index in [0.717, 1.165) is 0 Å². The van der Waals surface area contributed by atoms with Crippen LogP contribution in [0, 0.1) is 0 Å². The predicted octanol–water partition coefficient (Wildman–Crippen LogP) is -0.665. The predicted molar refractivity (Wildman–Crippen MR) is 34.4 cm³/mol. The summed E-state index contributed by atoms with van der Waals surface area (Å²) in [5.41, 5.74) is 0. The Hall–Kier alpha value is -0.260. The van der Waals surface area contributed by atoms with Crippen molar-refractivity contribution in [3.05, 3.63) is 0 Å². The van der Waals surface area contributed by atoms with Gasteiger partial charge in [-0.15, -0.1) is 0 Å². The normalized spacial score (nSPS) is 39.5. The van der Waals surface area contributed by atoms with Crippen molar-refractivity contribution in [2.24, 2.45) is 0 Å². The van der Waals surface area contributed by atoms with Gasteiger partial charge in [-0.2, -0.15) is 0 Å². The molecule has 0 aromatic rings. The van der Waals surface area contributed by atoms with E-state index in [0.29, 0.717) is 13.0 Å². The maximum Gasteiger partial charge on any atom is 0.256 e. The summed E-state index contributed by atoms with van der Waals surface area (Å²) < 4.78 is 24.0. The number of rotatable bonds is 1. The lowest BCUT2D eigenvalue weighted by Gasteiger charge is -2.32. The quantitative estimate of drug-likeness (QED) is 0.485. The van der Waals surface area contributed by atoms with Crippen LogP contribution < -0.4 is 5.32 Å². The standard InChI is InChI=1S/C6H11F2NO2/c7-6(8)4-5(11)3(10)1-2-9-4/h3-6,9-11H,1-2H2/t3?,4-,5-/m1/s1. The van der Waals surface area contributed by atoms with Crippen molar-refractivity contribution in [3.63, 3.8) is 0 Å². The van der Waals surface area contributed by atoms with Crippen molar-refractivity contribution in [1.29, 1.82) is 0 Å². The minimum Gasteiger partial charge on any atom is -0.390 e. The molecule has 5 heteroatoms. The van der Waals surface area contributed by atoms with Crippen LogP contribution in [0.2, 0.25) is 0 Å². The Morgan fingerprint density at radius 2 is 2.00 bits per heavy atom. The molecule has 1 aliphatic heterocycles. The highest BCUT2D eigenvalue weighted by atomic mass is 19.3. The second-order valence-corrected chi connectivity index (χ2v) is 2.66. The molecule has 1 unspecified atom stereocenters. The summed E-state index contributed by atoms with van der Waals surface area (Å²) in [6.07, 6.45) is -4.66. The minimum absolute atomic E-state index is 0.324.